The van der Waals surface area contributed by atoms with E-state index in [4.69, 9.17) is 9.47 Å². The first-order valence-electron chi connectivity index (χ1n) is 10.7. The monoisotopic (exact) mass is 474 g/mol. The summed E-state index contributed by atoms with van der Waals surface area (Å²) in [7, 11) is 3.01. The first kappa shape index (κ1) is 23.5. The number of hydrazone groups is 1. The van der Waals surface area contributed by atoms with E-state index < -0.39 is 5.91 Å². The summed E-state index contributed by atoms with van der Waals surface area (Å²) < 4.78 is 25.3. The van der Waals surface area contributed by atoms with E-state index in [9.17, 15) is 14.0 Å². The number of nitrogens with one attached hydrogen (secondary N) is 2. The number of carbonyl (C=O) groups excluding carboxylic acids is 2. The second kappa shape index (κ2) is 10.5. The molecule has 0 aliphatic heterocycles. The number of hydrogen-bond donors (Lipinski definition) is 2. The van der Waals surface area contributed by atoms with Gasteiger partial charge in [0.25, 0.3) is 5.91 Å². The van der Waals surface area contributed by atoms with Gasteiger partial charge < -0.3 is 19.4 Å². The summed E-state index contributed by atoms with van der Waals surface area (Å²) in [5.74, 6) is -0.0936. The summed E-state index contributed by atoms with van der Waals surface area (Å²) in [6.45, 7) is 0.0433. The van der Waals surface area contributed by atoms with Crippen molar-refractivity contribution in [2.24, 2.45) is 5.10 Å². The molecule has 4 rings (SSSR count). The highest BCUT2D eigenvalue weighted by Gasteiger charge is 2.12. The maximum atomic E-state index is 13.1. The van der Waals surface area contributed by atoms with Crippen LogP contribution in [0.3, 0.4) is 0 Å². The molecule has 0 unspecified atom stereocenters. The molecule has 0 aliphatic rings. The molecule has 0 saturated carbocycles. The van der Waals surface area contributed by atoms with Gasteiger partial charge in [-0.2, -0.15) is 5.10 Å². The van der Waals surface area contributed by atoms with E-state index in [1.165, 1.54) is 44.7 Å². The molecule has 178 valence electrons. The summed E-state index contributed by atoms with van der Waals surface area (Å²) in [6, 6.07) is 17.9. The maximum absolute atomic E-state index is 13.1. The first-order chi connectivity index (χ1) is 17.0. The van der Waals surface area contributed by atoms with Gasteiger partial charge in [-0.1, -0.05) is 18.2 Å². The van der Waals surface area contributed by atoms with Crippen molar-refractivity contribution < 1.29 is 23.5 Å². The number of amides is 2. The molecule has 0 radical (unpaired) electrons. The second-order valence-electron chi connectivity index (χ2n) is 7.59. The highest BCUT2D eigenvalue weighted by Crippen LogP contribution is 2.23. The summed E-state index contributed by atoms with van der Waals surface area (Å²) >= 11 is 0. The van der Waals surface area contributed by atoms with E-state index in [1.54, 1.807) is 29.0 Å². The molecule has 0 saturated heterocycles. The lowest BCUT2D eigenvalue weighted by molar-refractivity contribution is -0.116. The molecule has 0 aliphatic carbocycles. The van der Waals surface area contributed by atoms with E-state index >= 15 is 0 Å². The Morgan fingerprint density at radius 3 is 2.37 bits per heavy atom. The predicted molar refractivity (Wildman–Crippen MR) is 132 cm³/mol. The van der Waals surface area contributed by atoms with Crippen LogP contribution in [0.1, 0.15) is 15.9 Å². The van der Waals surface area contributed by atoms with Gasteiger partial charge in [-0.3, -0.25) is 9.59 Å². The smallest absolute Gasteiger partial charge is 0.271 e. The van der Waals surface area contributed by atoms with Gasteiger partial charge in [-0.15, -0.1) is 0 Å². The van der Waals surface area contributed by atoms with Crippen molar-refractivity contribution in [1.82, 2.24) is 9.99 Å². The van der Waals surface area contributed by atoms with Gasteiger partial charge in [0.1, 0.15) is 23.9 Å². The van der Waals surface area contributed by atoms with Gasteiger partial charge in [-0.25, -0.2) is 9.82 Å². The molecule has 9 heteroatoms. The third-order valence-corrected chi connectivity index (χ3v) is 5.24. The molecule has 2 N–H and O–H groups in total. The van der Waals surface area contributed by atoms with Crippen LogP contribution in [0.2, 0.25) is 0 Å². The standard InChI is InChI=1S/C26H23FN4O4/c1-34-21-11-17(12-22(13-21)35-2)26(33)30-28-14-18-15-31(24-6-4-3-5-23(18)24)16-25(32)29-20-9-7-19(27)8-10-20/h3-15H,16H2,1-2H3,(H,29,32)(H,30,33)/b28-14-. The number of nitrogens with zero attached hydrogens (tertiary/aromatic N) is 2. The van der Waals surface area contributed by atoms with E-state index in [-0.39, 0.29) is 18.3 Å². The SMILES string of the molecule is COc1cc(OC)cc(C(=O)N/N=C\c2cn(CC(=O)Nc3ccc(F)cc3)c3ccccc23)c1. The zero-order chi connectivity index (χ0) is 24.8. The van der Waals surface area contributed by atoms with Crippen molar-refractivity contribution in [3.05, 3.63) is 89.9 Å². The van der Waals surface area contributed by atoms with Crippen LogP contribution < -0.4 is 20.2 Å². The van der Waals surface area contributed by atoms with Crippen molar-refractivity contribution in [2.45, 2.75) is 6.54 Å². The van der Waals surface area contributed by atoms with Crippen molar-refractivity contribution >= 4 is 34.6 Å². The molecule has 0 atom stereocenters. The van der Waals surface area contributed by atoms with Crippen molar-refractivity contribution in [3.8, 4) is 11.5 Å². The largest absolute Gasteiger partial charge is 0.497 e. The molecule has 0 fully saturated rings. The summed E-state index contributed by atoms with van der Waals surface area (Å²) in [6.07, 6.45) is 3.30. The second-order valence-corrected chi connectivity index (χ2v) is 7.59. The fourth-order valence-electron chi connectivity index (χ4n) is 3.56. The number of fused-ring (bicyclic) bond motifs is 1. The lowest BCUT2D eigenvalue weighted by atomic mass is 10.2. The summed E-state index contributed by atoms with van der Waals surface area (Å²) in [5, 5.41) is 7.70. The average molecular weight is 474 g/mol. The fraction of sp³-hybridized carbons (Fsp3) is 0.115. The van der Waals surface area contributed by atoms with Crippen molar-refractivity contribution in [2.75, 3.05) is 19.5 Å². The van der Waals surface area contributed by atoms with E-state index in [2.05, 4.69) is 15.8 Å². The number of ether oxygens (including phenoxy) is 2. The zero-order valence-electron chi connectivity index (χ0n) is 19.1. The minimum Gasteiger partial charge on any atom is -0.497 e. The molecular weight excluding hydrogens is 451 g/mol. The van der Waals surface area contributed by atoms with Gasteiger partial charge in [0.2, 0.25) is 5.91 Å². The average Bonchev–Trinajstić information content (AvgIpc) is 3.22. The molecule has 0 spiro atoms. The van der Waals surface area contributed by atoms with Crippen LogP contribution in [-0.2, 0) is 11.3 Å². The van der Waals surface area contributed by atoms with E-state index in [0.717, 1.165) is 16.5 Å². The Kier molecular flexibility index (Phi) is 7.06. The maximum Gasteiger partial charge on any atom is 0.271 e. The molecule has 1 heterocycles. The fourth-order valence-corrected chi connectivity index (χ4v) is 3.56. The van der Waals surface area contributed by atoms with Crippen LogP contribution in [-0.4, -0.2) is 36.8 Å². The molecule has 8 nitrogen and oxygen atoms in total. The minimum atomic E-state index is -0.430. The van der Waals surface area contributed by atoms with Crippen LogP contribution in [0.5, 0.6) is 11.5 Å². The number of benzene rings is 3. The third-order valence-electron chi connectivity index (χ3n) is 5.24. The van der Waals surface area contributed by atoms with Gasteiger partial charge >= 0.3 is 0 Å². The topological polar surface area (TPSA) is 93.9 Å². The summed E-state index contributed by atoms with van der Waals surface area (Å²) in [5.41, 5.74) is 4.89. The number of halogens is 1. The van der Waals surface area contributed by atoms with Crippen LogP contribution in [0.25, 0.3) is 10.9 Å². The molecule has 4 aromatic rings. The molecule has 2 amide bonds. The first-order valence-corrected chi connectivity index (χ1v) is 10.7. The van der Waals surface area contributed by atoms with Crippen LogP contribution in [0.15, 0.2) is 78.0 Å². The zero-order valence-corrected chi connectivity index (χ0v) is 19.1. The van der Waals surface area contributed by atoms with Crippen LogP contribution >= 0.6 is 0 Å². The number of rotatable bonds is 8. The Labute approximate surface area is 201 Å². The number of anilines is 1. The highest BCUT2D eigenvalue weighted by atomic mass is 19.1. The lowest BCUT2D eigenvalue weighted by Gasteiger charge is -2.07. The summed E-state index contributed by atoms with van der Waals surface area (Å²) in [4.78, 5) is 25.1. The Morgan fingerprint density at radius 2 is 1.69 bits per heavy atom. The molecule has 35 heavy (non-hydrogen) atoms. The normalized spacial score (nSPS) is 10.9. The number of para-hydroxylation sites is 1. The van der Waals surface area contributed by atoms with E-state index in [0.29, 0.717) is 22.7 Å². The van der Waals surface area contributed by atoms with E-state index in [1.807, 2.05) is 24.3 Å². The number of hydrogen-bond acceptors (Lipinski definition) is 5. The Hall–Kier alpha value is -4.66. The third kappa shape index (κ3) is 5.64. The van der Waals surface area contributed by atoms with Crippen LogP contribution in [0, 0.1) is 5.82 Å². The molecule has 0 bridgehead atoms. The molecule has 3 aromatic carbocycles. The molecular formula is C26H23FN4O4. The number of carbonyl (C=O) groups is 2. The van der Waals surface area contributed by atoms with Crippen LogP contribution in [0.4, 0.5) is 10.1 Å². The predicted octanol–water partition coefficient (Wildman–Crippen LogP) is 4.20. The minimum absolute atomic E-state index is 0.0433. The molecule has 1 aromatic heterocycles. The van der Waals surface area contributed by atoms with Gasteiger partial charge in [0.15, 0.2) is 0 Å². The Morgan fingerprint density at radius 1 is 1.00 bits per heavy atom. The highest BCUT2D eigenvalue weighted by molar-refractivity contribution is 6.01. The Balaban J connectivity index is 1.49. The lowest BCUT2D eigenvalue weighted by Crippen LogP contribution is -2.18. The quantitative estimate of drug-likeness (QED) is 0.296. The number of methoxy groups -OCH3 is 2. The van der Waals surface area contributed by atoms with Gasteiger partial charge in [0, 0.05) is 40.0 Å². The van der Waals surface area contributed by atoms with Gasteiger partial charge in [0.05, 0.1) is 20.4 Å². The van der Waals surface area contributed by atoms with Crippen molar-refractivity contribution in [3.63, 3.8) is 0 Å². The van der Waals surface area contributed by atoms with Gasteiger partial charge in [-0.05, 0) is 42.5 Å². The Bertz CT molecular complexity index is 1370. The number of aromatic nitrogens is 1. The van der Waals surface area contributed by atoms with Crippen molar-refractivity contribution in [1.29, 1.82) is 0 Å².